The third-order valence-electron chi connectivity index (χ3n) is 12.7. The van der Waals surface area contributed by atoms with Crippen molar-refractivity contribution >= 4 is 136 Å². The smallest absolute Gasteiger partial charge is 0.340 e. The SMILES string of the molecule is COOOSc1cc2cc(S(=O)(=O)OC)cc(Nc3nc(C)nc(NCCOC(C)OC(C)OCCNc4nc(C)nc(Nc5cc(S(=O)(=O)OC)cc6cc(SOOOC)c(N=Nc7ccccc7C(=O)OC)c(O)c56)n4)n3)c2c(O)c1N=Nc1ccccc1C(=O)OC. The lowest BCUT2D eigenvalue weighted by molar-refractivity contribution is -0.447. The van der Waals surface area contributed by atoms with E-state index in [1.807, 2.05) is 0 Å². The summed E-state index contributed by atoms with van der Waals surface area (Å²) in [5.74, 6) is -1.94. The van der Waals surface area contributed by atoms with Gasteiger partial charge in [-0.25, -0.2) is 19.4 Å². The number of carbonyl (C=O) groups excluding carboxylic acids is 2. The molecule has 0 saturated carbocycles. The number of benzene rings is 6. The molecule has 2 aromatic heterocycles. The Morgan fingerprint density at radius 2 is 0.926 bits per heavy atom. The highest BCUT2D eigenvalue weighted by Gasteiger charge is 2.27. The van der Waals surface area contributed by atoms with E-state index in [9.17, 15) is 36.6 Å². The summed E-state index contributed by atoms with van der Waals surface area (Å²) in [7, 11) is -1.95. The van der Waals surface area contributed by atoms with Crippen LogP contribution in [0.25, 0.3) is 21.5 Å². The first kappa shape index (κ1) is 71.8. The van der Waals surface area contributed by atoms with Gasteiger partial charge in [-0.3, -0.25) is 8.37 Å². The monoisotopic (exact) mass is 1390 g/mol. The number of aryl methyl sites for hydroxylation is 2. The standard InChI is InChI=1S/C56H60N14O21S4/c1-29-59-53(65-55(61-29)63-41-27-35(94(75,76)83-9)23-33-25-43(92-90-88-81-7)47(49(71)45(33)41)69-67-39-17-13-11-15-37(39)51(73)79-5)57-19-21-85-31(3)87-32(4)86-22-20-58-54-60-30(2)62-56(66-54)64-42-28-36(95(77,78)84-10)24-34-26-44(93-91-89-82-8)48(50(72)46(34)42)70-68-40-18-14-12-16-38(40)52(74)80-6/h11-18,23-28,31-32,71-72H,19-22H2,1-10H3,(H2,57,59,61,63,65)(H2,58,60,62,64,66). The number of phenolic OH excluding ortho intramolecular Hbond substituents is 2. The number of esters is 2. The molecule has 0 bridgehead atoms. The fraction of sp³-hybridized carbons (Fsp3) is 0.286. The summed E-state index contributed by atoms with van der Waals surface area (Å²) >= 11 is 1.09. The molecule has 0 spiro atoms. The fourth-order valence-electron chi connectivity index (χ4n) is 8.57. The van der Waals surface area contributed by atoms with Gasteiger partial charge in [-0.1, -0.05) is 34.3 Å². The maximum atomic E-state index is 13.2. The minimum Gasteiger partial charge on any atom is -0.505 e. The highest BCUT2D eigenvalue weighted by molar-refractivity contribution is 7.95. The molecule has 0 radical (unpaired) electrons. The molecule has 504 valence electrons. The molecule has 0 amide bonds. The van der Waals surface area contributed by atoms with Gasteiger partial charge in [-0.2, -0.15) is 46.7 Å². The second-order valence-electron chi connectivity index (χ2n) is 18.9. The molecule has 6 aromatic carbocycles. The van der Waals surface area contributed by atoms with E-state index >= 15 is 0 Å². The number of hydrogen-bond donors (Lipinski definition) is 6. The van der Waals surface area contributed by atoms with Crippen LogP contribution in [0.2, 0.25) is 0 Å². The Morgan fingerprint density at radius 1 is 0.537 bits per heavy atom. The molecule has 0 saturated heterocycles. The number of ether oxygens (including phenoxy) is 5. The molecule has 6 N–H and O–H groups in total. The zero-order chi connectivity index (χ0) is 68.4. The van der Waals surface area contributed by atoms with Crippen molar-refractivity contribution in [2.24, 2.45) is 20.5 Å². The Kier molecular flexibility index (Phi) is 25.2. The van der Waals surface area contributed by atoms with Gasteiger partial charge < -0.3 is 55.2 Å². The highest BCUT2D eigenvalue weighted by Crippen LogP contribution is 2.50. The molecular formula is C56H60N14O21S4. The van der Waals surface area contributed by atoms with Crippen molar-refractivity contribution in [1.82, 2.24) is 29.9 Å². The summed E-state index contributed by atoms with van der Waals surface area (Å²) < 4.78 is 99.8. The molecule has 2 heterocycles. The van der Waals surface area contributed by atoms with E-state index in [0.717, 1.165) is 14.2 Å². The first-order valence-corrected chi connectivity index (χ1v) is 31.8. The predicted molar refractivity (Wildman–Crippen MR) is 338 cm³/mol. The number of aromatic hydroxyl groups is 2. The third-order valence-corrected chi connectivity index (χ3v) is 16.4. The summed E-state index contributed by atoms with van der Waals surface area (Å²) in [5, 5.41) is 62.5. The van der Waals surface area contributed by atoms with Crippen molar-refractivity contribution < 1.29 is 97.2 Å². The summed E-state index contributed by atoms with van der Waals surface area (Å²) in [6.45, 7) is 6.98. The normalized spacial score (nSPS) is 12.6. The zero-order valence-corrected chi connectivity index (χ0v) is 55.1. The van der Waals surface area contributed by atoms with Crippen molar-refractivity contribution in [2.45, 2.75) is 59.9 Å². The van der Waals surface area contributed by atoms with Gasteiger partial charge in [0.2, 0.25) is 23.8 Å². The van der Waals surface area contributed by atoms with Crippen molar-refractivity contribution in [3.05, 3.63) is 108 Å². The highest BCUT2D eigenvalue weighted by atomic mass is 32.2. The molecule has 0 fully saturated rings. The van der Waals surface area contributed by atoms with Gasteiger partial charge in [-0.05, 0) is 99.1 Å². The van der Waals surface area contributed by atoms with E-state index in [1.165, 1.54) is 89.1 Å². The second-order valence-corrected chi connectivity index (χ2v) is 23.8. The zero-order valence-electron chi connectivity index (χ0n) is 51.8. The first-order valence-electron chi connectivity index (χ1n) is 27.5. The largest absolute Gasteiger partial charge is 0.505 e. The fourth-order valence-corrected chi connectivity index (χ4v) is 11.1. The van der Waals surface area contributed by atoms with Crippen LogP contribution in [0, 0.1) is 13.8 Å². The molecule has 95 heavy (non-hydrogen) atoms. The lowest BCUT2D eigenvalue weighted by Crippen LogP contribution is -2.26. The molecule has 8 aromatic rings. The molecule has 35 nitrogen and oxygen atoms in total. The van der Waals surface area contributed by atoms with Crippen LogP contribution in [0.15, 0.2) is 125 Å². The Morgan fingerprint density at radius 3 is 1.31 bits per heavy atom. The molecule has 0 aliphatic heterocycles. The van der Waals surface area contributed by atoms with Crippen LogP contribution in [0.1, 0.15) is 46.2 Å². The molecule has 2 atom stereocenters. The summed E-state index contributed by atoms with van der Waals surface area (Å²) in [5.41, 5.74) is -0.0962. The van der Waals surface area contributed by atoms with Crippen LogP contribution in [0.3, 0.4) is 0 Å². The lowest BCUT2D eigenvalue weighted by Gasteiger charge is -2.20. The van der Waals surface area contributed by atoms with Gasteiger partial charge >= 0.3 is 11.9 Å². The second kappa shape index (κ2) is 33.4. The minimum absolute atomic E-state index is 0.0223. The summed E-state index contributed by atoms with van der Waals surface area (Å²) in [6, 6.07) is 20.1. The first-order chi connectivity index (χ1) is 45.6. The molecule has 8 rings (SSSR count). The Balaban J connectivity index is 0.909. The maximum absolute atomic E-state index is 13.2. The molecular weight excluding hydrogens is 1330 g/mol. The average Bonchev–Trinajstić information content (AvgIpc) is 0.763. The van der Waals surface area contributed by atoms with Crippen LogP contribution in [0.4, 0.5) is 57.9 Å². The van der Waals surface area contributed by atoms with Crippen LogP contribution in [0.5, 0.6) is 11.5 Å². The maximum Gasteiger partial charge on any atom is 0.340 e. The van der Waals surface area contributed by atoms with E-state index in [4.69, 9.17) is 40.7 Å². The number of aromatic nitrogens is 6. The van der Waals surface area contributed by atoms with Crippen LogP contribution in [-0.4, -0.2) is 150 Å². The van der Waals surface area contributed by atoms with Crippen LogP contribution >= 0.6 is 24.1 Å². The van der Waals surface area contributed by atoms with Crippen molar-refractivity contribution in [3.63, 3.8) is 0 Å². The quantitative estimate of drug-likeness (QED) is 0.00319. The van der Waals surface area contributed by atoms with Gasteiger partial charge in [0.15, 0.2) is 24.1 Å². The minimum atomic E-state index is -4.36. The topological polar surface area (TPSA) is 438 Å². The molecule has 0 aliphatic rings. The van der Waals surface area contributed by atoms with E-state index in [2.05, 4.69) is 91.5 Å². The number of carbonyl (C=O) groups is 2. The summed E-state index contributed by atoms with van der Waals surface area (Å²) in [4.78, 5) is 60.0. The van der Waals surface area contributed by atoms with Gasteiger partial charge in [0, 0.05) is 23.9 Å². The third kappa shape index (κ3) is 18.7. The van der Waals surface area contributed by atoms with E-state index in [1.54, 1.807) is 52.0 Å². The number of rotatable bonds is 34. The van der Waals surface area contributed by atoms with Crippen LogP contribution < -0.4 is 21.3 Å². The average molecular weight is 1390 g/mol. The Hall–Kier alpha value is -9.04. The number of hydrogen-bond acceptors (Lipinski definition) is 37. The number of phenols is 2. The van der Waals surface area contributed by atoms with Gasteiger partial charge in [0.1, 0.15) is 34.4 Å². The molecule has 0 aliphatic carbocycles. The number of anilines is 6. The van der Waals surface area contributed by atoms with Crippen molar-refractivity contribution in [1.29, 1.82) is 0 Å². The lowest BCUT2D eigenvalue weighted by atomic mass is 10.1. The predicted octanol–water partition coefficient (Wildman–Crippen LogP) is 10.3. The van der Waals surface area contributed by atoms with Gasteiger partial charge in [0.25, 0.3) is 20.2 Å². The number of methoxy groups -OCH3 is 2. The van der Waals surface area contributed by atoms with Crippen LogP contribution in [-0.2, 0) is 80.8 Å². The number of nitrogens with one attached hydrogen (secondary N) is 4. The van der Waals surface area contributed by atoms with E-state index in [0.29, 0.717) is 24.1 Å². The summed E-state index contributed by atoms with van der Waals surface area (Å²) in [6.07, 6.45) is -1.56. The number of nitrogens with zero attached hydrogens (tertiary/aromatic N) is 10. The van der Waals surface area contributed by atoms with Gasteiger partial charge in [0.05, 0.1) is 122 Å². The van der Waals surface area contributed by atoms with E-state index in [-0.39, 0.29) is 148 Å². The molecule has 39 heteroatoms. The molecule has 2 unspecified atom stereocenters. The number of fused-ring (bicyclic) bond motifs is 2. The number of azo groups is 2. The Bertz CT molecular complexity index is 4120. The van der Waals surface area contributed by atoms with Gasteiger partial charge in [-0.15, -0.1) is 29.1 Å². The van der Waals surface area contributed by atoms with Crippen molar-refractivity contribution in [3.8, 4) is 11.5 Å². The Labute approximate surface area is 549 Å². The van der Waals surface area contributed by atoms with Crippen molar-refractivity contribution in [2.75, 3.05) is 90.2 Å². The van der Waals surface area contributed by atoms with E-state index < -0.39 is 56.3 Å².